The van der Waals surface area contributed by atoms with Crippen molar-refractivity contribution in [1.82, 2.24) is 19.5 Å². The normalized spacial score (nSPS) is 20.5. The van der Waals surface area contributed by atoms with Crippen LogP contribution in [0.1, 0.15) is 25.7 Å². The van der Waals surface area contributed by atoms with Crippen LogP contribution in [-0.2, 0) is 16.0 Å². The molecule has 0 atom stereocenters. The third-order valence-electron chi connectivity index (χ3n) is 4.84. The summed E-state index contributed by atoms with van der Waals surface area (Å²) in [6.45, 7) is 2.07. The molecule has 0 amide bonds. The van der Waals surface area contributed by atoms with E-state index in [2.05, 4.69) is 15.0 Å². The number of hydrogen-bond donors (Lipinski definition) is 0. The number of hydrogen-bond acceptors (Lipinski definition) is 6. The quantitative estimate of drug-likeness (QED) is 0.852. The van der Waals surface area contributed by atoms with Gasteiger partial charge < -0.3 is 9.47 Å². The molecular formula is C17H20N4O3. The minimum absolute atomic E-state index is 0.244. The van der Waals surface area contributed by atoms with Crippen molar-refractivity contribution >= 4 is 0 Å². The van der Waals surface area contributed by atoms with E-state index in [0.29, 0.717) is 37.1 Å². The van der Waals surface area contributed by atoms with E-state index in [1.807, 2.05) is 6.07 Å². The van der Waals surface area contributed by atoms with Gasteiger partial charge in [-0.2, -0.15) is 4.98 Å². The van der Waals surface area contributed by atoms with Crippen LogP contribution >= 0.6 is 0 Å². The lowest BCUT2D eigenvalue weighted by molar-refractivity contribution is -0.183. The van der Waals surface area contributed by atoms with Gasteiger partial charge in [-0.15, -0.1) is 0 Å². The first kappa shape index (κ1) is 15.4. The maximum absolute atomic E-state index is 12.3. The van der Waals surface area contributed by atoms with E-state index >= 15 is 0 Å². The van der Waals surface area contributed by atoms with Gasteiger partial charge in [0.1, 0.15) is 5.69 Å². The second-order valence-electron chi connectivity index (χ2n) is 6.39. The Morgan fingerprint density at radius 1 is 1.17 bits per heavy atom. The second kappa shape index (κ2) is 6.41. The number of ether oxygens (including phenoxy) is 2. The van der Waals surface area contributed by atoms with E-state index in [1.165, 1.54) is 0 Å². The zero-order chi connectivity index (χ0) is 16.4. The fraction of sp³-hybridized carbons (Fsp3) is 0.529. The van der Waals surface area contributed by atoms with Crippen molar-refractivity contribution in [3.8, 4) is 11.4 Å². The lowest BCUT2D eigenvalue weighted by atomic mass is 9.85. The largest absolute Gasteiger partial charge is 0.348 e. The molecule has 0 N–H and O–H groups in total. The molecule has 2 aromatic rings. The maximum Gasteiger partial charge on any atom is 0.348 e. The summed E-state index contributed by atoms with van der Waals surface area (Å²) in [6.07, 6.45) is 10.4. The first-order chi connectivity index (χ1) is 11.7. The summed E-state index contributed by atoms with van der Waals surface area (Å²) in [5, 5.41) is 0. The third kappa shape index (κ3) is 3.09. The average molecular weight is 328 g/mol. The summed E-state index contributed by atoms with van der Waals surface area (Å²) in [5.74, 6) is 0.0977. The molecule has 0 radical (unpaired) electrons. The van der Waals surface area contributed by atoms with Crippen molar-refractivity contribution in [2.75, 3.05) is 13.2 Å². The summed E-state index contributed by atoms with van der Waals surface area (Å²) in [6, 6.07) is 1.82. The maximum atomic E-state index is 12.3. The molecule has 1 spiro atoms. The third-order valence-corrected chi connectivity index (χ3v) is 4.84. The van der Waals surface area contributed by atoms with Crippen LogP contribution in [0.5, 0.6) is 0 Å². The lowest BCUT2D eigenvalue weighted by Crippen LogP contribution is -2.37. The fourth-order valence-electron chi connectivity index (χ4n) is 3.51. The molecule has 4 rings (SSSR count). The van der Waals surface area contributed by atoms with Crippen molar-refractivity contribution in [1.29, 1.82) is 0 Å². The van der Waals surface area contributed by atoms with Crippen molar-refractivity contribution in [3.05, 3.63) is 41.3 Å². The van der Waals surface area contributed by atoms with Gasteiger partial charge in [-0.05, 0) is 24.8 Å². The molecule has 126 valence electrons. The molecule has 0 bridgehead atoms. The summed E-state index contributed by atoms with van der Waals surface area (Å²) < 4.78 is 13.2. The highest BCUT2D eigenvalue weighted by Gasteiger charge is 2.40. The molecule has 1 aliphatic carbocycles. The van der Waals surface area contributed by atoms with Gasteiger partial charge >= 0.3 is 5.69 Å². The van der Waals surface area contributed by atoms with E-state index in [9.17, 15) is 4.79 Å². The molecular weight excluding hydrogens is 308 g/mol. The standard InChI is InChI=1S/C17H20N4O3/c22-16-20-14(15-11-18-6-7-19-15)3-8-21(16)12-13-1-4-17(5-2-13)23-9-10-24-17/h3,6-8,11,13H,1-2,4-5,9-10,12H2. The van der Waals surface area contributed by atoms with Crippen molar-refractivity contribution < 1.29 is 9.47 Å². The molecule has 3 heterocycles. The van der Waals surface area contributed by atoms with Gasteiger partial charge in [-0.3, -0.25) is 14.5 Å². The highest BCUT2D eigenvalue weighted by atomic mass is 16.7. The van der Waals surface area contributed by atoms with E-state index in [-0.39, 0.29) is 11.5 Å². The van der Waals surface area contributed by atoms with Crippen LogP contribution in [0.25, 0.3) is 11.4 Å². The van der Waals surface area contributed by atoms with Crippen molar-refractivity contribution in [2.24, 2.45) is 5.92 Å². The van der Waals surface area contributed by atoms with E-state index in [1.54, 1.807) is 29.4 Å². The van der Waals surface area contributed by atoms with Gasteiger partial charge in [-0.1, -0.05) is 0 Å². The molecule has 1 saturated heterocycles. The zero-order valence-corrected chi connectivity index (χ0v) is 13.4. The summed E-state index contributed by atoms with van der Waals surface area (Å²) in [4.78, 5) is 24.6. The molecule has 7 nitrogen and oxygen atoms in total. The molecule has 2 aromatic heterocycles. The van der Waals surface area contributed by atoms with Crippen LogP contribution in [0, 0.1) is 5.92 Å². The van der Waals surface area contributed by atoms with Crippen LogP contribution < -0.4 is 5.69 Å². The SMILES string of the molecule is O=c1nc(-c2cnccn2)ccn1CC1CCC2(CC1)OCCO2. The Morgan fingerprint density at radius 3 is 2.62 bits per heavy atom. The first-order valence-corrected chi connectivity index (χ1v) is 8.36. The molecule has 24 heavy (non-hydrogen) atoms. The van der Waals surface area contributed by atoms with Gasteiger partial charge in [0.25, 0.3) is 0 Å². The minimum atomic E-state index is -0.352. The Labute approximate surface area is 139 Å². The van der Waals surface area contributed by atoms with Crippen molar-refractivity contribution in [3.63, 3.8) is 0 Å². The van der Waals surface area contributed by atoms with Gasteiger partial charge in [0.2, 0.25) is 0 Å². The topological polar surface area (TPSA) is 79.1 Å². The van der Waals surface area contributed by atoms with Crippen LogP contribution in [0.2, 0.25) is 0 Å². The molecule has 0 aromatic carbocycles. The summed E-state index contributed by atoms with van der Waals surface area (Å²) in [5.41, 5.74) is 0.920. The van der Waals surface area contributed by atoms with Crippen LogP contribution in [0.4, 0.5) is 0 Å². The molecule has 2 aliphatic rings. The van der Waals surface area contributed by atoms with Gasteiger partial charge in [-0.25, -0.2) is 4.79 Å². The van der Waals surface area contributed by atoms with E-state index in [4.69, 9.17) is 9.47 Å². The van der Waals surface area contributed by atoms with Crippen LogP contribution in [-0.4, -0.2) is 38.5 Å². The highest BCUT2D eigenvalue weighted by Crippen LogP contribution is 2.38. The second-order valence-corrected chi connectivity index (χ2v) is 6.39. The molecule has 1 saturated carbocycles. The zero-order valence-electron chi connectivity index (χ0n) is 13.4. The molecule has 7 heteroatoms. The predicted octanol–water partition coefficient (Wildman–Crippen LogP) is 1.63. The number of rotatable bonds is 3. The Bertz CT molecular complexity index is 746. The Morgan fingerprint density at radius 2 is 1.96 bits per heavy atom. The summed E-state index contributed by atoms with van der Waals surface area (Å²) >= 11 is 0. The average Bonchev–Trinajstić information content (AvgIpc) is 3.08. The van der Waals surface area contributed by atoms with Gasteiger partial charge in [0.15, 0.2) is 5.79 Å². The fourth-order valence-corrected chi connectivity index (χ4v) is 3.51. The highest BCUT2D eigenvalue weighted by molar-refractivity contribution is 5.50. The molecule has 2 fully saturated rings. The van der Waals surface area contributed by atoms with E-state index < -0.39 is 0 Å². The van der Waals surface area contributed by atoms with E-state index in [0.717, 1.165) is 25.7 Å². The Balaban J connectivity index is 1.43. The first-order valence-electron chi connectivity index (χ1n) is 8.36. The smallest absolute Gasteiger partial charge is 0.348 e. The van der Waals surface area contributed by atoms with Crippen LogP contribution in [0.15, 0.2) is 35.6 Å². The lowest BCUT2D eigenvalue weighted by Gasteiger charge is -2.35. The van der Waals surface area contributed by atoms with Gasteiger partial charge in [0, 0.05) is 38.0 Å². The number of nitrogens with zero attached hydrogens (tertiary/aromatic N) is 4. The predicted molar refractivity (Wildman–Crippen MR) is 86.1 cm³/mol. The monoisotopic (exact) mass is 328 g/mol. The number of aromatic nitrogens is 4. The minimum Gasteiger partial charge on any atom is -0.348 e. The Kier molecular flexibility index (Phi) is 4.12. The molecule has 1 aliphatic heterocycles. The van der Waals surface area contributed by atoms with Gasteiger partial charge in [0.05, 0.1) is 25.1 Å². The summed E-state index contributed by atoms with van der Waals surface area (Å²) in [7, 11) is 0. The van der Waals surface area contributed by atoms with Crippen LogP contribution in [0.3, 0.4) is 0 Å². The molecule has 0 unspecified atom stereocenters. The Hall–Kier alpha value is -2.12. The van der Waals surface area contributed by atoms with Crippen molar-refractivity contribution in [2.45, 2.75) is 38.0 Å².